The maximum Gasteiger partial charge on any atom is 0.244 e. The molecule has 1 heterocycles. The molecule has 21 heavy (non-hydrogen) atoms. The quantitative estimate of drug-likeness (QED) is 0.754. The molecule has 0 aliphatic carbocycles. The van der Waals surface area contributed by atoms with Crippen molar-refractivity contribution in [2.24, 2.45) is 0 Å². The molecule has 1 saturated heterocycles. The van der Waals surface area contributed by atoms with Crippen LogP contribution in [-0.2, 0) is 14.8 Å². The fourth-order valence-corrected chi connectivity index (χ4v) is 3.97. The van der Waals surface area contributed by atoms with Crippen molar-refractivity contribution in [2.45, 2.75) is 24.0 Å². The van der Waals surface area contributed by atoms with Gasteiger partial charge in [-0.2, -0.15) is 9.57 Å². The Hall–Kier alpha value is -1.66. The number of aliphatic hydroxyl groups excluding tert-OH is 1. The summed E-state index contributed by atoms with van der Waals surface area (Å²) in [5.74, 6) is 0. The minimum atomic E-state index is -3.83. The third-order valence-corrected chi connectivity index (χ3v) is 5.13. The summed E-state index contributed by atoms with van der Waals surface area (Å²) in [6.45, 7) is 1.70. The normalized spacial score (nSPS) is 23.7. The van der Waals surface area contributed by atoms with Crippen LogP contribution in [0.25, 0.3) is 0 Å². The van der Waals surface area contributed by atoms with Crippen LogP contribution in [0, 0.1) is 11.3 Å². The molecule has 114 valence electrons. The molecule has 0 bridgehead atoms. The summed E-state index contributed by atoms with van der Waals surface area (Å²) in [5.41, 5.74) is 5.91. The van der Waals surface area contributed by atoms with Crippen molar-refractivity contribution in [2.75, 3.05) is 25.4 Å². The van der Waals surface area contributed by atoms with Gasteiger partial charge in [0.2, 0.25) is 10.0 Å². The first-order valence-corrected chi connectivity index (χ1v) is 7.88. The molecule has 1 aliphatic heterocycles. The van der Waals surface area contributed by atoms with Crippen molar-refractivity contribution in [3.63, 3.8) is 0 Å². The fourth-order valence-electron chi connectivity index (χ4n) is 2.30. The Balaban J connectivity index is 2.40. The Kier molecular flexibility index (Phi) is 4.49. The summed E-state index contributed by atoms with van der Waals surface area (Å²) in [5, 5.41) is 18.3. The van der Waals surface area contributed by atoms with Crippen LogP contribution in [0.15, 0.2) is 23.1 Å². The number of hydrogen-bond donors (Lipinski definition) is 2. The van der Waals surface area contributed by atoms with E-state index in [0.717, 1.165) is 0 Å². The van der Waals surface area contributed by atoms with Crippen LogP contribution in [0.4, 0.5) is 5.69 Å². The lowest BCUT2D eigenvalue weighted by Crippen LogP contribution is -2.50. The van der Waals surface area contributed by atoms with E-state index in [1.807, 2.05) is 6.07 Å². The van der Waals surface area contributed by atoms with Gasteiger partial charge in [-0.15, -0.1) is 0 Å². The van der Waals surface area contributed by atoms with Crippen molar-refractivity contribution in [1.82, 2.24) is 4.31 Å². The second kappa shape index (κ2) is 5.99. The van der Waals surface area contributed by atoms with E-state index in [1.165, 1.54) is 22.5 Å². The van der Waals surface area contributed by atoms with Gasteiger partial charge in [0.05, 0.1) is 24.4 Å². The van der Waals surface area contributed by atoms with Gasteiger partial charge in [-0.1, -0.05) is 0 Å². The molecule has 0 aromatic heterocycles. The maximum atomic E-state index is 12.7. The molecule has 3 N–H and O–H groups in total. The smallest absolute Gasteiger partial charge is 0.244 e. The average Bonchev–Trinajstić information content (AvgIpc) is 2.46. The molecule has 0 amide bonds. The van der Waals surface area contributed by atoms with E-state index in [4.69, 9.17) is 15.7 Å². The van der Waals surface area contributed by atoms with E-state index in [2.05, 4.69) is 0 Å². The topological polar surface area (TPSA) is 117 Å². The number of sulfonamides is 1. The summed E-state index contributed by atoms with van der Waals surface area (Å²) in [4.78, 5) is -0.0787. The molecular formula is C13H17N3O4S. The number of hydrogen-bond acceptors (Lipinski definition) is 6. The SMILES string of the molecule is CC1CN(S(=O)(=O)c2ccc(N)cc2C#N)CC(CO)O1. The lowest BCUT2D eigenvalue weighted by Gasteiger charge is -2.35. The van der Waals surface area contributed by atoms with E-state index >= 15 is 0 Å². The Bertz CT molecular complexity index is 668. The van der Waals surface area contributed by atoms with Crippen LogP contribution in [0.3, 0.4) is 0 Å². The number of rotatable bonds is 3. The van der Waals surface area contributed by atoms with Crippen molar-refractivity contribution in [1.29, 1.82) is 5.26 Å². The maximum absolute atomic E-state index is 12.7. The van der Waals surface area contributed by atoms with Gasteiger partial charge in [0.25, 0.3) is 0 Å². The molecular weight excluding hydrogens is 294 g/mol. The van der Waals surface area contributed by atoms with E-state index in [-0.39, 0.29) is 36.3 Å². The summed E-state index contributed by atoms with van der Waals surface area (Å²) in [7, 11) is -3.83. The minimum Gasteiger partial charge on any atom is -0.399 e. The summed E-state index contributed by atoms with van der Waals surface area (Å²) in [6.07, 6.45) is -0.896. The van der Waals surface area contributed by atoms with E-state index in [1.54, 1.807) is 6.92 Å². The number of aliphatic hydroxyl groups is 1. The van der Waals surface area contributed by atoms with Crippen LogP contribution in [0.2, 0.25) is 0 Å². The number of ether oxygens (including phenoxy) is 1. The van der Waals surface area contributed by atoms with Crippen LogP contribution in [0.1, 0.15) is 12.5 Å². The Morgan fingerprint density at radius 1 is 1.52 bits per heavy atom. The monoisotopic (exact) mass is 311 g/mol. The standard InChI is InChI=1S/C13H17N3O4S/c1-9-6-16(7-12(8-17)20-9)21(18,19)13-3-2-11(15)4-10(13)5-14/h2-4,9,12,17H,6-8,15H2,1H3. The van der Waals surface area contributed by atoms with Crippen molar-refractivity contribution >= 4 is 15.7 Å². The molecule has 0 radical (unpaired) electrons. The first kappa shape index (κ1) is 15.7. The second-order valence-electron chi connectivity index (χ2n) is 4.94. The largest absolute Gasteiger partial charge is 0.399 e. The second-order valence-corrected chi connectivity index (χ2v) is 6.85. The number of nitrogens with zero attached hydrogens (tertiary/aromatic N) is 2. The average molecular weight is 311 g/mol. The number of nitriles is 1. The number of anilines is 1. The van der Waals surface area contributed by atoms with Crippen molar-refractivity contribution < 1.29 is 18.3 Å². The van der Waals surface area contributed by atoms with Crippen molar-refractivity contribution in [3.8, 4) is 6.07 Å². The molecule has 1 fully saturated rings. The van der Waals surface area contributed by atoms with Crippen LogP contribution in [0.5, 0.6) is 0 Å². The third-order valence-electron chi connectivity index (χ3n) is 3.24. The summed E-state index contributed by atoms with van der Waals surface area (Å²) in [6, 6.07) is 5.96. The molecule has 0 saturated carbocycles. The van der Waals surface area contributed by atoms with Crippen molar-refractivity contribution in [3.05, 3.63) is 23.8 Å². The molecule has 2 rings (SSSR count). The highest BCUT2D eigenvalue weighted by atomic mass is 32.2. The first-order valence-electron chi connectivity index (χ1n) is 6.44. The Morgan fingerprint density at radius 2 is 2.24 bits per heavy atom. The predicted octanol–water partition coefficient (Wildman–Crippen LogP) is -0.0892. The summed E-state index contributed by atoms with van der Waals surface area (Å²) >= 11 is 0. The van der Waals surface area contributed by atoms with Crippen LogP contribution < -0.4 is 5.73 Å². The Labute approximate surface area is 123 Å². The van der Waals surface area contributed by atoms with Gasteiger partial charge in [-0.05, 0) is 25.1 Å². The molecule has 2 unspecified atom stereocenters. The van der Waals surface area contributed by atoms with E-state index in [9.17, 15) is 13.5 Å². The van der Waals surface area contributed by atoms with Gasteiger partial charge in [0, 0.05) is 18.8 Å². The first-order chi connectivity index (χ1) is 9.88. The number of nitrogen functional groups attached to an aromatic ring is 1. The van der Waals surface area contributed by atoms with E-state index < -0.39 is 16.1 Å². The number of nitrogens with two attached hydrogens (primary N) is 1. The van der Waals surface area contributed by atoms with Gasteiger partial charge < -0.3 is 15.6 Å². The predicted molar refractivity (Wildman–Crippen MR) is 75.7 cm³/mol. The van der Waals surface area contributed by atoms with E-state index in [0.29, 0.717) is 5.69 Å². The summed E-state index contributed by atoms with van der Waals surface area (Å²) < 4.78 is 32.0. The zero-order valence-corrected chi connectivity index (χ0v) is 12.4. The minimum absolute atomic E-state index is 0.00898. The van der Waals surface area contributed by atoms with Gasteiger partial charge in [0.15, 0.2) is 0 Å². The highest BCUT2D eigenvalue weighted by Crippen LogP contribution is 2.25. The molecule has 1 aliphatic rings. The molecule has 7 nitrogen and oxygen atoms in total. The fraction of sp³-hybridized carbons (Fsp3) is 0.462. The zero-order valence-electron chi connectivity index (χ0n) is 11.6. The number of morpholine rings is 1. The Morgan fingerprint density at radius 3 is 2.86 bits per heavy atom. The van der Waals surface area contributed by atoms with Gasteiger partial charge in [-0.25, -0.2) is 8.42 Å². The van der Waals surface area contributed by atoms with Crippen LogP contribution >= 0.6 is 0 Å². The molecule has 2 atom stereocenters. The highest BCUT2D eigenvalue weighted by molar-refractivity contribution is 7.89. The molecule has 8 heteroatoms. The van der Waals surface area contributed by atoms with Gasteiger partial charge in [0.1, 0.15) is 11.0 Å². The molecule has 1 aromatic rings. The van der Waals surface area contributed by atoms with Gasteiger partial charge in [-0.3, -0.25) is 0 Å². The third kappa shape index (κ3) is 3.16. The molecule has 0 spiro atoms. The lowest BCUT2D eigenvalue weighted by atomic mass is 10.2. The zero-order chi connectivity index (χ0) is 15.6. The number of benzene rings is 1. The highest BCUT2D eigenvalue weighted by Gasteiger charge is 2.34. The molecule has 1 aromatic carbocycles. The van der Waals surface area contributed by atoms with Crippen LogP contribution in [-0.4, -0.2) is 49.7 Å². The van der Waals surface area contributed by atoms with Gasteiger partial charge >= 0.3 is 0 Å². The lowest BCUT2D eigenvalue weighted by molar-refractivity contribution is -0.0750.